The number of hydrogen-bond acceptors (Lipinski definition) is 3. The van der Waals surface area contributed by atoms with Gasteiger partial charge in [-0.25, -0.2) is 4.98 Å². The zero-order valence-corrected chi connectivity index (χ0v) is 9.46. The maximum absolute atomic E-state index is 12.4. The minimum atomic E-state index is -4.37. The van der Waals surface area contributed by atoms with Gasteiger partial charge < -0.3 is 10.2 Å². The van der Waals surface area contributed by atoms with E-state index in [-0.39, 0.29) is 6.04 Å². The molecule has 0 bridgehead atoms. The van der Waals surface area contributed by atoms with E-state index in [0.29, 0.717) is 0 Å². The fraction of sp³-hybridized carbons (Fsp3) is 0.545. The van der Waals surface area contributed by atoms with E-state index >= 15 is 0 Å². The van der Waals surface area contributed by atoms with Gasteiger partial charge in [-0.05, 0) is 19.1 Å². The molecule has 17 heavy (non-hydrogen) atoms. The molecular weight excluding hydrogens is 231 g/mol. The predicted octanol–water partition coefficient (Wildman–Crippen LogP) is 1.90. The number of alkyl halides is 3. The van der Waals surface area contributed by atoms with Crippen molar-refractivity contribution in [3.8, 4) is 0 Å². The lowest BCUT2D eigenvalue weighted by molar-refractivity contribution is -0.141. The van der Waals surface area contributed by atoms with Gasteiger partial charge in [-0.1, -0.05) is 0 Å². The van der Waals surface area contributed by atoms with E-state index in [1.165, 1.54) is 12.3 Å². The van der Waals surface area contributed by atoms with Gasteiger partial charge in [0.25, 0.3) is 0 Å². The van der Waals surface area contributed by atoms with Gasteiger partial charge >= 0.3 is 6.18 Å². The van der Waals surface area contributed by atoms with Crippen molar-refractivity contribution in [1.82, 2.24) is 10.3 Å². The second kappa shape index (κ2) is 4.52. The summed E-state index contributed by atoms with van der Waals surface area (Å²) in [7, 11) is 0. The van der Waals surface area contributed by atoms with Crippen molar-refractivity contribution in [2.75, 3.05) is 24.5 Å². The van der Waals surface area contributed by atoms with Crippen LogP contribution in [0.25, 0.3) is 0 Å². The molecule has 1 aromatic heterocycles. The summed E-state index contributed by atoms with van der Waals surface area (Å²) in [5.74, 6) is 0. The van der Waals surface area contributed by atoms with Crippen LogP contribution in [0.2, 0.25) is 0 Å². The molecule has 0 saturated carbocycles. The Morgan fingerprint density at radius 1 is 1.41 bits per heavy atom. The molecule has 2 heterocycles. The molecule has 1 aliphatic rings. The summed E-state index contributed by atoms with van der Waals surface area (Å²) < 4.78 is 37.1. The van der Waals surface area contributed by atoms with Crippen LogP contribution in [0, 0.1) is 0 Å². The summed E-state index contributed by atoms with van der Waals surface area (Å²) in [6.07, 6.45) is -3.07. The van der Waals surface area contributed by atoms with E-state index in [1.54, 1.807) is 0 Å². The van der Waals surface area contributed by atoms with Crippen LogP contribution >= 0.6 is 0 Å². The molecule has 6 heteroatoms. The summed E-state index contributed by atoms with van der Waals surface area (Å²) in [5, 5.41) is 3.23. The molecule has 2 rings (SSSR count). The van der Waals surface area contributed by atoms with Crippen LogP contribution < -0.4 is 10.2 Å². The summed E-state index contributed by atoms with van der Waals surface area (Å²) >= 11 is 0. The Bertz CT molecular complexity index is 375. The number of anilines is 1. The lowest BCUT2D eigenvalue weighted by Crippen LogP contribution is -2.49. The minimum absolute atomic E-state index is 0.266. The molecule has 1 N–H and O–H groups in total. The first-order valence-electron chi connectivity index (χ1n) is 5.49. The lowest BCUT2D eigenvalue weighted by Gasteiger charge is -2.35. The third-order valence-electron chi connectivity index (χ3n) is 2.87. The normalized spacial score (nSPS) is 21.6. The SMILES string of the molecule is CC1CNCCN1c1ccc(C(F)(F)F)nc1. The van der Waals surface area contributed by atoms with Crippen LogP contribution in [-0.2, 0) is 6.18 Å². The van der Waals surface area contributed by atoms with Gasteiger partial charge in [0.2, 0.25) is 0 Å². The van der Waals surface area contributed by atoms with Gasteiger partial charge in [-0.3, -0.25) is 0 Å². The highest BCUT2D eigenvalue weighted by Crippen LogP contribution is 2.28. The molecule has 1 aromatic rings. The van der Waals surface area contributed by atoms with E-state index in [0.717, 1.165) is 31.4 Å². The van der Waals surface area contributed by atoms with Gasteiger partial charge in [-0.2, -0.15) is 13.2 Å². The third kappa shape index (κ3) is 2.69. The van der Waals surface area contributed by atoms with E-state index in [2.05, 4.69) is 15.2 Å². The average molecular weight is 245 g/mol. The van der Waals surface area contributed by atoms with Crippen LogP contribution in [-0.4, -0.2) is 30.7 Å². The number of aromatic nitrogens is 1. The Balaban J connectivity index is 2.17. The highest BCUT2D eigenvalue weighted by molar-refractivity contribution is 5.46. The molecule has 1 aliphatic heterocycles. The number of rotatable bonds is 1. The molecule has 94 valence electrons. The van der Waals surface area contributed by atoms with Gasteiger partial charge in [0, 0.05) is 25.7 Å². The Hall–Kier alpha value is -1.30. The van der Waals surface area contributed by atoms with Gasteiger partial charge in [-0.15, -0.1) is 0 Å². The summed E-state index contributed by atoms with van der Waals surface area (Å²) in [5.41, 5.74) is -0.101. The molecule has 3 nitrogen and oxygen atoms in total. The smallest absolute Gasteiger partial charge is 0.365 e. The molecule has 1 unspecified atom stereocenters. The fourth-order valence-corrected chi connectivity index (χ4v) is 1.95. The van der Waals surface area contributed by atoms with Crippen molar-refractivity contribution in [3.63, 3.8) is 0 Å². The molecule has 1 fully saturated rings. The molecule has 0 aliphatic carbocycles. The first-order valence-corrected chi connectivity index (χ1v) is 5.49. The Kier molecular flexibility index (Phi) is 3.24. The van der Waals surface area contributed by atoms with Crippen molar-refractivity contribution in [2.24, 2.45) is 0 Å². The maximum atomic E-state index is 12.4. The Labute approximate surface area is 97.6 Å². The molecule has 0 amide bonds. The number of hydrogen-bond donors (Lipinski definition) is 1. The summed E-state index contributed by atoms with van der Waals surface area (Å²) in [6.45, 7) is 4.49. The molecular formula is C11H14F3N3. The predicted molar refractivity (Wildman–Crippen MR) is 58.9 cm³/mol. The van der Waals surface area contributed by atoms with Crippen LogP contribution in [0.4, 0.5) is 18.9 Å². The zero-order valence-electron chi connectivity index (χ0n) is 9.46. The quantitative estimate of drug-likeness (QED) is 0.819. The minimum Gasteiger partial charge on any atom is -0.365 e. The number of nitrogens with zero attached hydrogens (tertiary/aromatic N) is 2. The van der Waals surface area contributed by atoms with Crippen molar-refractivity contribution >= 4 is 5.69 Å². The number of nitrogens with one attached hydrogen (secondary N) is 1. The highest BCUT2D eigenvalue weighted by atomic mass is 19.4. The van der Waals surface area contributed by atoms with Crippen LogP contribution in [0.5, 0.6) is 0 Å². The number of halogens is 3. The van der Waals surface area contributed by atoms with E-state index in [4.69, 9.17) is 0 Å². The largest absolute Gasteiger partial charge is 0.433 e. The van der Waals surface area contributed by atoms with Crippen molar-refractivity contribution in [3.05, 3.63) is 24.0 Å². The van der Waals surface area contributed by atoms with E-state index < -0.39 is 11.9 Å². The van der Waals surface area contributed by atoms with Crippen LogP contribution in [0.3, 0.4) is 0 Å². The summed E-state index contributed by atoms with van der Waals surface area (Å²) in [6, 6.07) is 2.78. The zero-order chi connectivity index (χ0) is 12.5. The van der Waals surface area contributed by atoms with Crippen molar-refractivity contribution in [1.29, 1.82) is 0 Å². The second-order valence-corrected chi connectivity index (χ2v) is 4.15. The van der Waals surface area contributed by atoms with Gasteiger partial charge in [0.05, 0.1) is 11.9 Å². The van der Waals surface area contributed by atoms with Gasteiger partial charge in [0.1, 0.15) is 5.69 Å². The van der Waals surface area contributed by atoms with E-state index in [1.807, 2.05) is 6.92 Å². The number of piperazine rings is 1. The molecule has 0 spiro atoms. The topological polar surface area (TPSA) is 28.2 Å². The first-order chi connectivity index (χ1) is 7.98. The molecule has 1 saturated heterocycles. The Morgan fingerprint density at radius 2 is 2.18 bits per heavy atom. The second-order valence-electron chi connectivity index (χ2n) is 4.15. The third-order valence-corrected chi connectivity index (χ3v) is 2.87. The van der Waals surface area contributed by atoms with Gasteiger partial charge in [0.15, 0.2) is 0 Å². The maximum Gasteiger partial charge on any atom is 0.433 e. The molecule has 1 atom stereocenters. The average Bonchev–Trinajstić information content (AvgIpc) is 2.29. The molecule has 0 aromatic carbocycles. The first kappa shape index (κ1) is 12.2. The summed E-state index contributed by atoms with van der Waals surface area (Å²) in [4.78, 5) is 5.53. The van der Waals surface area contributed by atoms with Crippen molar-refractivity contribution < 1.29 is 13.2 Å². The van der Waals surface area contributed by atoms with Crippen molar-refractivity contribution in [2.45, 2.75) is 19.1 Å². The molecule has 0 radical (unpaired) electrons. The monoisotopic (exact) mass is 245 g/mol. The van der Waals surface area contributed by atoms with Crippen LogP contribution in [0.15, 0.2) is 18.3 Å². The van der Waals surface area contributed by atoms with Crippen LogP contribution in [0.1, 0.15) is 12.6 Å². The lowest BCUT2D eigenvalue weighted by atomic mass is 10.2. The Morgan fingerprint density at radius 3 is 2.71 bits per heavy atom. The fourth-order valence-electron chi connectivity index (χ4n) is 1.95. The number of pyridine rings is 1. The standard InChI is InChI=1S/C11H14F3N3/c1-8-6-15-4-5-17(8)9-2-3-10(16-7-9)11(12,13)14/h2-3,7-8,15H,4-6H2,1H3. The van der Waals surface area contributed by atoms with E-state index in [9.17, 15) is 13.2 Å². The highest BCUT2D eigenvalue weighted by Gasteiger charge is 2.32.